The van der Waals surface area contributed by atoms with Crippen molar-refractivity contribution in [2.75, 3.05) is 0 Å². The van der Waals surface area contributed by atoms with Crippen LogP contribution in [0.3, 0.4) is 0 Å². The molecule has 4 nitrogen and oxygen atoms in total. The maximum atomic E-state index is 12.6. The van der Waals surface area contributed by atoms with Crippen LogP contribution in [0.5, 0.6) is 0 Å². The highest BCUT2D eigenvalue weighted by atomic mass is 35.5. The summed E-state index contributed by atoms with van der Waals surface area (Å²) in [6, 6.07) is 2.85. The summed E-state index contributed by atoms with van der Waals surface area (Å²) in [6.45, 7) is 0. The molecule has 0 radical (unpaired) electrons. The standard InChI is InChI=1S/C10H5ClF3N3O/c11-9-7(5-18)8(10(12,13)14)16-17(9)6-1-3-15-4-2-6/h1-5H. The van der Waals surface area contributed by atoms with E-state index in [0.29, 0.717) is 0 Å². The Morgan fingerprint density at radius 3 is 2.33 bits per heavy atom. The molecule has 0 unspecified atom stereocenters. The van der Waals surface area contributed by atoms with E-state index in [9.17, 15) is 18.0 Å². The molecule has 2 aromatic rings. The topological polar surface area (TPSA) is 47.8 Å². The van der Waals surface area contributed by atoms with Gasteiger partial charge < -0.3 is 0 Å². The molecule has 0 saturated heterocycles. The Bertz CT molecular complexity index is 580. The molecule has 0 aliphatic carbocycles. The normalized spacial score (nSPS) is 11.6. The molecule has 2 heterocycles. The van der Waals surface area contributed by atoms with Crippen molar-refractivity contribution in [2.45, 2.75) is 6.18 Å². The fraction of sp³-hybridized carbons (Fsp3) is 0.100. The molecule has 0 aromatic carbocycles. The third-order valence-corrected chi connectivity index (χ3v) is 2.52. The Hall–Kier alpha value is -1.89. The number of rotatable bonds is 2. The highest BCUT2D eigenvalue weighted by Crippen LogP contribution is 2.34. The number of aromatic nitrogens is 3. The van der Waals surface area contributed by atoms with Gasteiger partial charge >= 0.3 is 6.18 Å². The van der Waals surface area contributed by atoms with Crippen LogP contribution in [0.1, 0.15) is 16.1 Å². The van der Waals surface area contributed by atoms with Crippen molar-refractivity contribution in [2.24, 2.45) is 0 Å². The van der Waals surface area contributed by atoms with Crippen molar-refractivity contribution < 1.29 is 18.0 Å². The minimum Gasteiger partial charge on any atom is -0.298 e. The molecule has 0 saturated carbocycles. The third-order valence-electron chi connectivity index (χ3n) is 2.16. The average Bonchev–Trinajstić information content (AvgIpc) is 2.67. The first-order valence-electron chi connectivity index (χ1n) is 4.66. The minimum absolute atomic E-state index is 0.0375. The Labute approximate surface area is 104 Å². The summed E-state index contributed by atoms with van der Waals surface area (Å²) in [5, 5.41) is 2.94. The zero-order valence-electron chi connectivity index (χ0n) is 8.65. The van der Waals surface area contributed by atoms with Crippen LogP contribution >= 0.6 is 11.6 Å². The molecule has 18 heavy (non-hydrogen) atoms. The number of carbonyl (C=O) groups is 1. The minimum atomic E-state index is -4.74. The number of halogens is 4. The number of nitrogens with zero attached hydrogens (tertiary/aromatic N) is 3. The molecule has 0 fully saturated rings. The lowest BCUT2D eigenvalue weighted by Crippen LogP contribution is -2.09. The fourth-order valence-electron chi connectivity index (χ4n) is 1.38. The molecule has 94 valence electrons. The fourth-order valence-corrected chi connectivity index (χ4v) is 1.65. The number of hydrogen-bond donors (Lipinski definition) is 0. The van der Waals surface area contributed by atoms with E-state index in [1.54, 1.807) is 0 Å². The lowest BCUT2D eigenvalue weighted by molar-refractivity contribution is -0.141. The van der Waals surface area contributed by atoms with Crippen LogP contribution in [0.4, 0.5) is 13.2 Å². The average molecular weight is 276 g/mol. The molecule has 0 N–H and O–H groups in total. The quantitative estimate of drug-likeness (QED) is 0.792. The summed E-state index contributed by atoms with van der Waals surface area (Å²) in [7, 11) is 0. The maximum Gasteiger partial charge on any atom is 0.435 e. The Balaban J connectivity index is 2.65. The van der Waals surface area contributed by atoms with Gasteiger partial charge in [-0.1, -0.05) is 11.6 Å². The van der Waals surface area contributed by atoms with Gasteiger partial charge in [-0.05, 0) is 12.1 Å². The number of pyridine rings is 1. The molecule has 0 aliphatic rings. The molecule has 2 aromatic heterocycles. The second-order valence-corrected chi connectivity index (χ2v) is 3.64. The second-order valence-electron chi connectivity index (χ2n) is 3.29. The molecule has 0 bridgehead atoms. The zero-order chi connectivity index (χ0) is 13.3. The summed E-state index contributed by atoms with van der Waals surface area (Å²) >= 11 is 5.72. The molecule has 2 rings (SSSR count). The largest absolute Gasteiger partial charge is 0.435 e. The van der Waals surface area contributed by atoms with E-state index in [1.807, 2.05) is 0 Å². The van der Waals surface area contributed by atoms with Crippen molar-refractivity contribution >= 4 is 17.9 Å². The summed E-state index contributed by atoms with van der Waals surface area (Å²) in [5.41, 5.74) is -1.70. The first-order chi connectivity index (χ1) is 8.45. The van der Waals surface area contributed by atoms with Gasteiger partial charge in [0.15, 0.2) is 12.0 Å². The maximum absolute atomic E-state index is 12.6. The van der Waals surface area contributed by atoms with Crippen molar-refractivity contribution in [1.82, 2.24) is 14.8 Å². The summed E-state index contributed by atoms with van der Waals surface area (Å²) in [4.78, 5) is 14.4. The number of carbonyl (C=O) groups excluding carboxylic acids is 1. The van der Waals surface area contributed by atoms with E-state index < -0.39 is 17.4 Å². The lowest BCUT2D eigenvalue weighted by Gasteiger charge is -2.02. The Morgan fingerprint density at radius 2 is 1.89 bits per heavy atom. The van der Waals surface area contributed by atoms with Gasteiger partial charge in [-0.25, -0.2) is 4.68 Å². The highest BCUT2D eigenvalue weighted by molar-refractivity contribution is 6.32. The molecule has 0 aliphatic heterocycles. The van der Waals surface area contributed by atoms with E-state index in [4.69, 9.17) is 11.6 Å². The van der Waals surface area contributed by atoms with Gasteiger partial charge in [0.25, 0.3) is 0 Å². The number of alkyl halides is 3. The van der Waals surface area contributed by atoms with E-state index in [0.717, 1.165) is 4.68 Å². The van der Waals surface area contributed by atoms with Gasteiger partial charge in [0.2, 0.25) is 0 Å². The summed E-state index contributed by atoms with van der Waals surface area (Å²) in [5.74, 6) is 0. The van der Waals surface area contributed by atoms with Crippen LogP contribution in [-0.4, -0.2) is 21.1 Å². The first-order valence-corrected chi connectivity index (χ1v) is 5.04. The van der Waals surface area contributed by atoms with E-state index >= 15 is 0 Å². The predicted molar refractivity (Wildman–Crippen MR) is 56.8 cm³/mol. The predicted octanol–water partition coefficient (Wildman–Crippen LogP) is 2.75. The van der Waals surface area contributed by atoms with E-state index in [1.165, 1.54) is 24.5 Å². The highest BCUT2D eigenvalue weighted by Gasteiger charge is 2.39. The van der Waals surface area contributed by atoms with Crippen LogP contribution < -0.4 is 0 Å². The van der Waals surface area contributed by atoms with Gasteiger partial charge in [-0.3, -0.25) is 9.78 Å². The first kappa shape index (κ1) is 12.6. The molecular weight excluding hydrogens is 271 g/mol. The van der Waals surface area contributed by atoms with Crippen LogP contribution in [0.25, 0.3) is 5.69 Å². The SMILES string of the molecule is O=Cc1c(C(F)(F)F)nn(-c2ccncc2)c1Cl. The second kappa shape index (κ2) is 4.41. The molecular formula is C10H5ClF3N3O. The molecule has 0 spiro atoms. The van der Waals surface area contributed by atoms with Crippen molar-refractivity contribution in [3.8, 4) is 5.69 Å². The van der Waals surface area contributed by atoms with Crippen LogP contribution in [0, 0.1) is 0 Å². The zero-order valence-corrected chi connectivity index (χ0v) is 9.40. The van der Waals surface area contributed by atoms with Crippen LogP contribution in [0.2, 0.25) is 5.15 Å². The summed E-state index contributed by atoms with van der Waals surface area (Å²) in [6.07, 6.45) is -1.95. The number of aldehydes is 1. The van der Waals surface area contributed by atoms with Crippen molar-refractivity contribution in [3.05, 3.63) is 40.9 Å². The van der Waals surface area contributed by atoms with Gasteiger partial charge in [0.1, 0.15) is 5.15 Å². The van der Waals surface area contributed by atoms with Gasteiger partial charge in [-0.15, -0.1) is 0 Å². The molecule has 8 heteroatoms. The van der Waals surface area contributed by atoms with Crippen molar-refractivity contribution in [1.29, 1.82) is 0 Å². The van der Waals surface area contributed by atoms with Crippen LogP contribution in [-0.2, 0) is 6.18 Å². The third kappa shape index (κ3) is 2.08. The lowest BCUT2D eigenvalue weighted by atomic mass is 10.2. The van der Waals surface area contributed by atoms with E-state index in [2.05, 4.69) is 10.1 Å². The van der Waals surface area contributed by atoms with Gasteiger partial charge in [-0.2, -0.15) is 18.3 Å². The Kier molecular flexibility index (Phi) is 3.08. The van der Waals surface area contributed by atoms with Crippen molar-refractivity contribution in [3.63, 3.8) is 0 Å². The number of hydrogen-bond acceptors (Lipinski definition) is 3. The molecule has 0 amide bonds. The Morgan fingerprint density at radius 1 is 1.28 bits per heavy atom. The van der Waals surface area contributed by atoms with Gasteiger partial charge in [0, 0.05) is 12.4 Å². The van der Waals surface area contributed by atoms with Gasteiger partial charge in [0.05, 0.1) is 11.3 Å². The van der Waals surface area contributed by atoms with E-state index in [-0.39, 0.29) is 17.1 Å². The summed E-state index contributed by atoms with van der Waals surface area (Å²) < 4.78 is 38.8. The van der Waals surface area contributed by atoms with Crippen LogP contribution in [0.15, 0.2) is 24.5 Å². The molecule has 0 atom stereocenters. The monoisotopic (exact) mass is 275 g/mol. The smallest absolute Gasteiger partial charge is 0.298 e.